The van der Waals surface area contributed by atoms with Crippen LogP contribution in [0.3, 0.4) is 0 Å². The van der Waals surface area contributed by atoms with E-state index in [9.17, 15) is 0 Å². The zero-order valence-electron chi connectivity index (χ0n) is 11.3. The molecule has 0 aliphatic heterocycles. The first kappa shape index (κ1) is 12.8. The average molecular weight is 310 g/mol. The van der Waals surface area contributed by atoms with Crippen molar-refractivity contribution in [3.8, 4) is 22.8 Å². The first-order valence-corrected chi connectivity index (χ1v) is 7.51. The number of rotatable bonds is 4. The van der Waals surface area contributed by atoms with Crippen LogP contribution in [-0.2, 0) is 6.54 Å². The molecule has 1 aromatic carbocycles. The Bertz CT molecular complexity index is 868. The highest BCUT2D eigenvalue weighted by atomic mass is 32.1. The Morgan fingerprint density at radius 2 is 1.95 bits per heavy atom. The van der Waals surface area contributed by atoms with E-state index in [2.05, 4.69) is 25.6 Å². The molecular formula is C14H10N6OS. The van der Waals surface area contributed by atoms with Gasteiger partial charge in [-0.05, 0) is 16.7 Å². The second-order valence-corrected chi connectivity index (χ2v) is 5.31. The first-order valence-electron chi connectivity index (χ1n) is 6.57. The van der Waals surface area contributed by atoms with E-state index >= 15 is 0 Å². The van der Waals surface area contributed by atoms with Crippen molar-refractivity contribution >= 4 is 11.3 Å². The Morgan fingerprint density at radius 1 is 1.05 bits per heavy atom. The molecule has 0 amide bonds. The van der Waals surface area contributed by atoms with Gasteiger partial charge in [0.25, 0.3) is 5.89 Å². The maximum absolute atomic E-state index is 5.22. The molecule has 108 valence electrons. The summed E-state index contributed by atoms with van der Waals surface area (Å²) in [6.45, 7) is 0.289. The van der Waals surface area contributed by atoms with Gasteiger partial charge in [0.05, 0.1) is 0 Å². The van der Waals surface area contributed by atoms with Crippen LogP contribution >= 0.6 is 11.3 Å². The van der Waals surface area contributed by atoms with Crippen molar-refractivity contribution in [2.45, 2.75) is 6.54 Å². The van der Waals surface area contributed by atoms with Crippen LogP contribution in [0, 0.1) is 0 Å². The minimum Gasteiger partial charge on any atom is -0.337 e. The Balaban J connectivity index is 1.54. The van der Waals surface area contributed by atoms with Crippen molar-refractivity contribution in [3.63, 3.8) is 0 Å². The van der Waals surface area contributed by atoms with Gasteiger partial charge in [-0.25, -0.2) is 0 Å². The van der Waals surface area contributed by atoms with Crippen LogP contribution in [0.25, 0.3) is 22.8 Å². The predicted octanol–water partition coefficient (Wildman–Crippen LogP) is 2.50. The van der Waals surface area contributed by atoms with Crippen LogP contribution in [-0.4, -0.2) is 30.3 Å². The summed E-state index contributed by atoms with van der Waals surface area (Å²) in [7, 11) is 0. The van der Waals surface area contributed by atoms with Crippen molar-refractivity contribution in [1.82, 2.24) is 30.3 Å². The van der Waals surface area contributed by atoms with Crippen molar-refractivity contribution in [2.24, 2.45) is 0 Å². The van der Waals surface area contributed by atoms with Gasteiger partial charge in [-0.1, -0.05) is 35.5 Å². The highest BCUT2D eigenvalue weighted by Crippen LogP contribution is 2.19. The standard InChI is InChI=1S/C14H10N6OS/c1-2-4-10(5-3-1)14-16-19-20(17-14)8-12-15-13(18-21-12)11-6-7-22-9-11/h1-7,9H,8H2. The lowest BCUT2D eigenvalue weighted by molar-refractivity contribution is 0.356. The molecule has 0 saturated carbocycles. The maximum Gasteiger partial charge on any atom is 0.250 e. The molecule has 0 unspecified atom stereocenters. The molecular weight excluding hydrogens is 300 g/mol. The van der Waals surface area contributed by atoms with Gasteiger partial charge in [-0.15, -0.1) is 10.2 Å². The Hall–Kier alpha value is -2.87. The second-order valence-electron chi connectivity index (χ2n) is 4.53. The Labute approximate surface area is 129 Å². The summed E-state index contributed by atoms with van der Waals surface area (Å²) < 4.78 is 5.22. The van der Waals surface area contributed by atoms with Gasteiger partial charge in [-0.3, -0.25) is 0 Å². The molecule has 22 heavy (non-hydrogen) atoms. The van der Waals surface area contributed by atoms with Crippen molar-refractivity contribution in [1.29, 1.82) is 0 Å². The van der Waals surface area contributed by atoms with E-state index < -0.39 is 0 Å². The summed E-state index contributed by atoms with van der Waals surface area (Å²) >= 11 is 1.59. The zero-order valence-corrected chi connectivity index (χ0v) is 12.1. The summed E-state index contributed by atoms with van der Waals surface area (Å²) in [6.07, 6.45) is 0. The highest BCUT2D eigenvalue weighted by molar-refractivity contribution is 7.08. The molecule has 3 heterocycles. The number of hydrogen-bond acceptors (Lipinski definition) is 7. The quantitative estimate of drug-likeness (QED) is 0.576. The summed E-state index contributed by atoms with van der Waals surface area (Å²) in [5.74, 6) is 1.58. The van der Waals surface area contributed by atoms with E-state index in [-0.39, 0.29) is 6.54 Å². The zero-order chi connectivity index (χ0) is 14.8. The molecule has 0 fully saturated rings. The molecule has 0 aliphatic rings. The number of benzene rings is 1. The molecule has 0 spiro atoms. The van der Waals surface area contributed by atoms with Gasteiger partial charge in [0.2, 0.25) is 11.6 Å². The maximum atomic E-state index is 5.22. The summed E-state index contributed by atoms with van der Waals surface area (Å²) in [5, 5.41) is 20.2. The SMILES string of the molecule is c1ccc(-c2nnn(Cc3nc(-c4ccsc4)no3)n2)cc1. The van der Waals surface area contributed by atoms with Crippen LogP contribution in [0.1, 0.15) is 5.89 Å². The Morgan fingerprint density at radius 3 is 2.77 bits per heavy atom. The molecule has 0 radical (unpaired) electrons. The molecule has 4 rings (SSSR count). The minimum absolute atomic E-state index is 0.289. The molecule has 0 aliphatic carbocycles. The summed E-state index contributed by atoms with van der Waals surface area (Å²) in [5.41, 5.74) is 1.86. The van der Waals surface area contributed by atoms with Crippen LogP contribution in [0.2, 0.25) is 0 Å². The Kier molecular flexibility index (Phi) is 3.20. The predicted molar refractivity (Wildman–Crippen MR) is 80.0 cm³/mol. The lowest BCUT2D eigenvalue weighted by Crippen LogP contribution is -2.04. The third-order valence-corrected chi connectivity index (χ3v) is 3.69. The third kappa shape index (κ3) is 2.51. The topological polar surface area (TPSA) is 82.5 Å². The van der Waals surface area contributed by atoms with Crippen molar-refractivity contribution in [3.05, 3.63) is 53.0 Å². The fraction of sp³-hybridized carbons (Fsp3) is 0.0714. The minimum atomic E-state index is 0.289. The van der Waals surface area contributed by atoms with Crippen molar-refractivity contribution < 1.29 is 4.52 Å². The monoisotopic (exact) mass is 310 g/mol. The molecule has 0 saturated heterocycles. The van der Waals surface area contributed by atoms with Crippen molar-refractivity contribution in [2.75, 3.05) is 0 Å². The van der Waals surface area contributed by atoms with Crippen LogP contribution in [0.5, 0.6) is 0 Å². The molecule has 0 bridgehead atoms. The lowest BCUT2D eigenvalue weighted by atomic mass is 10.2. The number of tetrazole rings is 1. The van der Waals surface area contributed by atoms with Gasteiger partial charge >= 0.3 is 0 Å². The van der Waals surface area contributed by atoms with E-state index in [1.165, 1.54) is 4.80 Å². The van der Waals surface area contributed by atoms with Gasteiger partial charge in [0.15, 0.2) is 0 Å². The third-order valence-electron chi connectivity index (χ3n) is 3.01. The number of nitrogens with zero attached hydrogens (tertiary/aromatic N) is 6. The van der Waals surface area contributed by atoms with E-state index in [4.69, 9.17) is 4.52 Å². The number of aromatic nitrogens is 6. The normalized spacial score (nSPS) is 10.9. The molecule has 7 nitrogen and oxygen atoms in total. The van der Waals surface area contributed by atoms with Crippen LogP contribution in [0.4, 0.5) is 0 Å². The highest BCUT2D eigenvalue weighted by Gasteiger charge is 2.12. The number of hydrogen-bond donors (Lipinski definition) is 0. The van der Waals surface area contributed by atoms with E-state index in [0.717, 1.165) is 11.1 Å². The largest absolute Gasteiger partial charge is 0.337 e. The smallest absolute Gasteiger partial charge is 0.250 e. The van der Waals surface area contributed by atoms with E-state index in [0.29, 0.717) is 17.5 Å². The molecule has 0 N–H and O–H groups in total. The van der Waals surface area contributed by atoms with E-state index in [1.807, 2.05) is 47.2 Å². The van der Waals surface area contributed by atoms with E-state index in [1.54, 1.807) is 11.3 Å². The summed E-state index contributed by atoms with van der Waals surface area (Å²) in [6, 6.07) is 11.6. The molecule has 3 aromatic heterocycles. The second kappa shape index (κ2) is 5.49. The fourth-order valence-electron chi connectivity index (χ4n) is 1.96. The average Bonchev–Trinajstić information content (AvgIpc) is 3.30. The lowest BCUT2D eigenvalue weighted by Gasteiger charge is -1.92. The molecule has 4 aromatic rings. The van der Waals surface area contributed by atoms with Crippen LogP contribution in [0.15, 0.2) is 51.7 Å². The summed E-state index contributed by atoms with van der Waals surface area (Å²) in [4.78, 5) is 5.77. The van der Waals surface area contributed by atoms with Gasteiger partial charge in [-0.2, -0.15) is 21.1 Å². The van der Waals surface area contributed by atoms with Gasteiger partial charge in [0, 0.05) is 16.5 Å². The first-order chi connectivity index (χ1) is 10.9. The fourth-order valence-corrected chi connectivity index (χ4v) is 2.60. The molecule has 0 atom stereocenters. The van der Waals surface area contributed by atoms with Gasteiger partial charge in [0.1, 0.15) is 6.54 Å². The number of thiophene rings is 1. The van der Waals surface area contributed by atoms with Gasteiger partial charge < -0.3 is 4.52 Å². The molecule has 8 heteroatoms. The van der Waals surface area contributed by atoms with Crippen LogP contribution < -0.4 is 0 Å².